The van der Waals surface area contributed by atoms with Crippen LogP contribution in [-0.2, 0) is 11.2 Å². The van der Waals surface area contributed by atoms with E-state index >= 15 is 0 Å². The van der Waals surface area contributed by atoms with E-state index in [4.69, 9.17) is 0 Å². The first-order valence-corrected chi connectivity index (χ1v) is 10.6. The summed E-state index contributed by atoms with van der Waals surface area (Å²) in [6.45, 7) is 1.98. The van der Waals surface area contributed by atoms with Crippen molar-refractivity contribution in [1.82, 2.24) is 15.6 Å². The van der Waals surface area contributed by atoms with Crippen LogP contribution in [0.4, 0.5) is 5.69 Å². The molecule has 2 bridgehead atoms. The van der Waals surface area contributed by atoms with Crippen molar-refractivity contribution in [1.29, 1.82) is 5.26 Å². The number of hydrogen-bond acceptors (Lipinski definition) is 6. The van der Waals surface area contributed by atoms with Crippen LogP contribution in [0.3, 0.4) is 0 Å². The van der Waals surface area contributed by atoms with Crippen LogP contribution in [0.25, 0.3) is 11.1 Å². The molecule has 3 aliphatic rings. The maximum absolute atomic E-state index is 12.6. The summed E-state index contributed by atoms with van der Waals surface area (Å²) in [7, 11) is 0. The van der Waals surface area contributed by atoms with Gasteiger partial charge in [0.1, 0.15) is 17.8 Å². The molecule has 0 radical (unpaired) electrons. The minimum absolute atomic E-state index is 0.0177. The fraction of sp³-hybridized carbons (Fsp3) is 0.435. The summed E-state index contributed by atoms with van der Waals surface area (Å²) in [5.74, 6) is 0.370. The number of fused-ring (bicyclic) bond motifs is 3. The molecule has 1 saturated carbocycles. The monoisotopic (exact) mass is 400 g/mol. The normalized spacial score (nSPS) is 26.9. The van der Waals surface area contributed by atoms with Crippen LogP contribution in [-0.4, -0.2) is 29.0 Å². The Kier molecular flexibility index (Phi) is 4.80. The molecule has 2 N–H and O–H groups in total. The summed E-state index contributed by atoms with van der Waals surface area (Å²) in [5.41, 5.74) is 4.76. The largest absolute Gasteiger partial charge is 0.339 e. The van der Waals surface area contributed by atoms with E-state index in [9.17, 15) is 10.1 Å². The smallest absolute Gasteiger partial charge is 0.238 e. The van der Waals surface area contributed by atoms with Gasteiger partial charge in [0.05, 0.1) is 17.8 Å². The molecule has 1 saturated heterocycles. The zero-order valence-electron chi connectivity index (χ0n) is 16.9. The average molecular weight is 400 g/mol. The minimum Gasteiger partial charge on any atom is -0.339 e. The van der Waals surface area contributed by atoms with Crippen molar-refractivity contribution in [3.05, 3.63) is 47.8 Å². The Morgan fingerprint density at radius 1 is 1.30 bits per heavy atom. The molecule has 1 amide bonds. The molecule has 5 atom stereocenters. The van der Waals surface area contributed by atoms with Gasteiger partial charge in [-0.25, -0.2) is 0 Å². The predicted molar refractivity (Wildman–Crippen MR) is 112 cm³/mol. The van der Waals surface area contributed by atoms with Crippen LogP contribution in [0.5, 0.6) is 0 Å². The van der Waals surface area contributed by atoms with Crippen LogP contribution in [0.2, 0.25) is 0 Å². The maximum atomic E-state index is 12.6. The van der Waals surface area contributed by atoms with Crippen LogP contribution < -0.4 is 10.6 Å². The summed E-state index contributed by atoms with van der Waals surface area (Å²) in [6.07, 6.45) is 5.67. The Morgan fingerprint density at radius 2 is 2.13 bits per heavy atom. The summed E-state index contributed by atoms with van der Waals surface area (Å²) in [4.78, 5) is 17.1. The van der Waals surface area contributed by atoms with Gasteiger partial charge in [-0.3, -0.25) is 9.78 Å². The number of rotatable bonds is 5. The van der Waals surface area contributed by atoms with Gasteiger partial charge in [-0.2, -0.15) is 15.5 Å². The second-order valence-electron chi connectivity index (χ2n) is 8.53. The number of aromatic nitrogens is 1. The first-order chi connectivity index (χ1) is 14.6. The Morgan fingerprint density at radius 3 is 2.83 bits per heavy atom. The number of amides is 1. The molecule has 3 heterocycles. The summed E-state index contributed by atoms with van der Waals surface area (Å²) < 4.78 is 0. The third kappa shape index (κ3) is 3.48. The number of carbonyl (C=O) groups excluding carboxylic acids is 1. The lowest BCUT2D eigenvalue weighted by Crippen LogP contribution is -2.50. The van der Waals surface area contributed by atoms with E-state index in [0.29, 0.717) is 18.4 Å². The number of nitrogens with zero attached hydrogens (tertiary/aromatic N) is 4. The van der Waals surface area contributed by atoms with Gasteiger partial charge >= 0.3 is 0 Å². The van der Waals surface area contributed by atoms with E-state index < -0.39 is 6.04 Å². The molecular weight excluding hydrogens is 376 g/mol. The van der Waals surface area contributed by atoms with Crippen molar-refractivity contribution in [2.24, 2.45) is 16.1 Å². The van der Waals surface area contributed by atoms with Crippen LogP contribution in [0.1, 0.15) is 43.5 Å². The van der Waals surface area contributed by atoms with Crippen LogP contribution in [0.15, 0.2) is 46.8 Å². The molecule has 1 aromatic heterocycles. The number of nitrogens with one attached hydrogen (secondary N) is 2. The summed E-state index contributed by atoms with van der Waals surface area (Å²) in [5, 5.41) is 24.2. The Labute approximate surface area is 175 Å². The molecule has 1 aromatic carbocycles. The lowest BCUT2D eigenvalue weighted by Gasteiger charge is -2.23. The quantitative estimate of drug-likeness (QED) is 0.800. The molecule has 152 valence electrons. The lowest BCUT2D eigenvalue weighted by molar-refractivity contribution is -0.124. The number of piperidine rings is 1. The van der Waals surface area contributed by atoms with Gasteiger partial charge in [0.25, 0.3) is 0 Å². The number of hydrogen-bond donors (Lipinski definition) is 2. The second kappa shape index (κ2) is 7.62. The number of carbonyl (C=O) groups is 1. The van der Waals surface area contributed by atoms with Crippen molar-refractivity contribution in [3.63, 3.8) is 0 Å². The van der Waals surface area contributed by atoms with Gasteiger partial charge in [0, 0.05) is 24.2 Å². The fourth-order valence-corrected chi connectivity index (χ4v) is 4.84. The third-order valence-corrected chi connectivity index (χ3v) is 6.47. The van der Waals surface area contributed by atoms with Crippen LogP contribution >= 0.6 is 0 Å². The van der Waals surface area contributed by atoms with Crippen molar-refractivity contribution in [2.75, 3.05) is 0 Å². The van der Waals surface area contributed by atoms with Crippen molar-refractivity contribution >= 4 is 11.6 Å². The average Bonchev–Trinajstić information content (AvgIpc) is 3.50. The molecular formula is C23H24N6O. The Bertz CT molecular complexity index is 1040. The highest BCUT2D eigenvalue weighted by Gasteiger charge is 2.43. The van der Waals surface area contributed by atoms with E-state index in [2.05, 4.69) is 31.9 Å². The molecule has 2 fully saturated rings. The zero-order valence-corrected chi connectivity index (χ0v) is 16.9. The van der Waals surface area contributed by atoms with E-state index in [-0.39, 0.29) is 18.0 Å². The SMILES string of the molecule is CC1N=Nc2cc(-c3ccc(C[C@@H](C#N)NC(=O)[C@H]4N[C@@H]5CC[C@H]4C5)cc3)cnc21. The molecule has 30 heavy (non-hydrogen) atoms. The minimum atomic E-state index is -0.534. The molecule has 7 heteroatoms. The number of pyridine rings is 1. The first-order valence-electron chi connectivity index (χ1n) is 10.6. The predicted octanol–water partition coefficient (Wildman–Crippen LogP) is 3.60. The maximum Gasteiger partial charge on any atom is 0.238 e. The summed E-state index contributed by atoms with van der Waals surface area (Å²) >= 11 is 0. The first kappa shape index (κ1) is 18.9. The summed E-state index contributed by atoms with van der Waals surface area (Å²) in [6, 6.07) is 12.1. The standard InChI is InChI=1S/C23H24N6O/c1-13-21-20(29-28-13)10-17(12-25-21)15-4-2-14(3-5-15)8-19(11-24)27-23(30)22-16-6-7-18(9-16)26-22/h2-5,10,12-13,16,18-19,22,26H,6-9H2,1H3,(H,27,30)/t13?,16-,18+,19-,22-/m0/s1. The van der Waals surface area contributed by atoms with Crippen molar-refractivity contribution < 1.29 is 4.79 Å². The van der Waals surface area contributed by atoms with Crippen molar-refractivity contribution in [3.8, 4) is 17.2 Å². The van der Waals surface area contributed by atoms with Gasteiger partial charge in [0.2, 0.25) is 5.91 Å². The number of nitriles is 1. The van der Waals surface area contributed by atoms with E-state index in [1.165, 1.54) is 0 Å². The second-order valence-corrected chi connectivity index (χ2v) is 8.53. The molecule has 7 nitrogen and oxygen atoms in total. The highest BCUT2D eigenvalue weighted by atomic mass is 16.2. The molecule has 5 rings (SSSR count). The van der Waals surface area contributed by atoms with E-state index in [1.54, 1.807) is 0 Å². The van der Waals surface area contributed by atoms with Crippen molar-refractivity contribution in [2.45, 2.75) is 56.8 Å². The molecule has 1 aliphatic carbocycles. The van der Waals surface area contributed by atoms with Gasteiger partial charge in [-0.1, -0.05) is 24.3 Å². The lowest BCUT2D eigenvalue weighted by atomic mass is 9.98. The Hall–Kier alpha value is -3.11. The van der Waals surface area contributed by atoms with E-state index in [0.717, 1.165) is 47.3 Å². The van der Waals surface area contributed by atoms with Crippen LogP contribution in [0, 0.1) is 17.2 Å². The zero-order chi connectivity index (χ0) is 20.7. The molecule has 2 aliphatic heterocycles. The topological polar surface area (TPSA) is 103 Å². The Balaban J connectivity index is 1.23. The van der Waals surface area contributed by atoms with Gasteiger partial charge < -0.3 is 10.6 Å². The number of benzene rings is 1. The highest BCUT2D eigenvalue weighted by molar-refractivity contribution is 5.83. The molecule has 1 unspecified atom stereocenters. The highest BCUT2D eigenvalue weighted by Crippen LogP contribution is 2.36. The fourth-order valence-electron chi connectivity index (χ4n) is 4.84. The molecule has 2 aromatic rings. The third-order valence-electron chi connectivity index (χ3n) is 6.47. The van der Waals surface area contributed by atoms with Gasteiger partial charge in [-0.05, 0) is 49.3 Å². The molecule has 0 spiro atoms. The number of azo groups is 1. The van der Waals surface area contributed by atoms with E-state index in [1.807, 2.05) is 43.5 Å². The van der Waals surface area contributed by atoms with Gasteiger partial charge in [0.15, 0.2) is 0 Å². The van der Waals surface area contributed by atoms with Gasteiger partial charge in [-0.15, -0.1) is 0 Å².